The lowest BCUT2D eigenvalue weighted by atomic mass is 10.0. The summed E-state index contributed by atoms with van der Waals surface area (Å²) in [6.07, 6.45) is 13.5. The van der Waals surface area contributed by atoms with Crippen molar-refractivity contribution in [1.82, 2.24) is 0 Å². The number of anilines is 1. The monoisotopic (exact) mass is 572 g/mol. The van der Waals surface area contributed by atoms with Crippen molar-refractivity contribution in [2.24, 2.45) is 0 Å². The van der Waals surface area contributed by atoms with Crippen molar-refractivity contribution < 1.29 is 27.8 Å². The van der Waals surface area contributed by atoms with Crippen LogP contribution in [0.4, 0.5) is 18.9 Å². The summed E-state index contributed by atoms with van der Waals surface area (Å²) < 4.78 is 43.9. The number of amides is 1. The third kappa shape index (κ3) is 13.2. The maximum absolute atomic E-state index is 12.7. The van der Waals surface area contributed by atoms with E-state index in [2.05, 4.69) is 12.2 Å². The lowest BCUT2D eigenvalue weighted by Gasteiger charge is -2.10. The number of aliphatic hydroxyl groups excluding tert-OH is 1. The third-order valence-corrected chi connectivity index (χ3v) is 6.94. The Morgan fingerprint density at radius 3 is 1.76 bits per heavy atom. The van der Waals surface area contributed by atoms with Gasteiger partial charge in [-0.3, -0.25) is 4.79 Å². The van der Waals surface area contributed by atoms with Gasteiger partial charge in [0.25, 0.3) is 5.91 Å². The Kier molecular flexibility index (Phi) is 15.5. The molecule has 0 saturated heterocycles. The zero-order chi connectivity index (χ0) is 29.9. The highest BCUT2D eigenvalue weighted by Gasteiger charge is 2.30. The molecule has 5 nitrogen and oxygen atoms in total. The van der Waals surface area contributed by atoms with Crippen LogP contribution in [0.3, 0.4) is 0 Å². The molecule has 0 saturated carbocycles. The smallest absolute Gasteiger partial charge is 0.416 e. The van der Waals surface area contributed by atoms with Gasteiger partial charge in [0.15, 0.2) is 5.57 Å². The molecular formula is C33H43F3N2O3. The number of aliphatic hydroxyl groups is 1. The number of benzene rings is 2. The molecule has 2 aromatic rings. The second-order valence-corrected chi connectivity index (χ2v) is 10.3. The largest absolute Gasteiger partial charge is 0.506 e. The molecule has 41 heavy (non-hydrogen) atoms. The number of hydrogen-bond acceptors (Lipinski definition) is 4. The first-order chi connectivity index (χ1) is 19.8. The van der Waals surface area contributed by atoms with Gasteiger partial charge in [-0.25, -0.2) is 0 Å². The quantitative estimate of drug-likeness (QED) is 0.0759. The molecule has 2 aromatic carbocycles. The molecule has 0 fully saturated rings. The van der Waals surface area contributed by atoms with Gasteiger partial charge in [-0.15, -0.1) is 0 Å². The van der Waals surface area contributed by atoms with Gasteiger partial charge >= 0.3 is 6.18 Å². The fourth-order valence-corrected chi connectivity index (χ4v) is 4.49. The van der Waals surface area contributed by atoms with Crippen LogP contribution < -0.4 is 10.1 Å². The number of carbonyl (C=O) groups is 1. The van der Waals surface area contributed by atoms with Crippen molar-refractivity contribution in [1.29, 1.82) is 5.26 Å². The molecule has 2 rings (SSSR count). The van der Waals surface area contributed by atoms with E-state index >= 15 is 0 Å². The van der Waals surface area contributed by atoms with Gasteiger partial charge in [0.1, 0.15) is 17.6 Å². The van der Waals surface area contributed by atoms with E-state index in [1.807, 2.05) is 0 Å². The van der Waals surface area contributed by atoms with E-state index in [0.29, 0.717) is 12.4 Å². The number of halogens is 3. The number of unbranched alkanes of at least 4 members (excludes halogenated alkanes) is 13. The first-order valence-electron chi connectivity index (χ1n) is 14.8. The number of carbonyl (C=O) groups excluding carboxylic acids is 1. The Morgan fingerprint density at radius 2 is 1.29 bits per heavy atom. The average molecular weight is 573 g/mol. The van der Waals surface area contributed by atoms with Gasteiger partial charge in [0.05, 0.1) is 12.2 Å². The van der Waals surface area contributed by atoms with Crippen molar-refractivity contribution in [3.63, 3.8) is 0 Å². The number of ether oxygens (including phenoxy) is 1. The van der Waals surface area contributed by atoms with Crippen LogP contribution in [-0.2, 0) is 11.0 Å². The molecule has 0 aromatic heterocycles. The second-order valence-electron chi connectivity index (χ2n) is 10.3. The molecule has 0 atom stereocenters. The van der Waals surface area contributed by atoms with Crippen LogP contribution in [0.15, 0.2) is 54.1 Å². The highest BCUT2D eigenvalue weighted by molar-refractivity contribution is 6.10. The van der Waals surface area contributed by atoms with E-state index in [1.54, 1.807) is 30.3 Å². The van der Waals surface area contributed by atoms with Gasteiger partial charge < -0.3 is 15.2 Å². The van der Waals surface area contributed by atoms with Crippen LogP contribution in [0, 0.1) is 11.3 Å². The summed E-state index contributed by atoms with van der Waals surface area (Å²) in [5.41, 5.74) is -1.11. The summed E-state index contributed by atoms with van der Waals surface area (Å²) in [7, 11) is 0. The number of nitriles is 1. The Bertz CT molecular complexity index is 1100. The van der Waals surface area contributed by atoms with E-state index in [1.165, 1.54) is 77.0 Å². The number of alkyl halides is 3. The Labute approximate surface area is 242 Å². The standard InChI is InChI=1S/C33H43F3N2O3/c1-2-3-4-5-6-7-8-9-10-11-12-13-14-15-24-41-29-22-16-26(17-23-29)31(39)30(25-37)32(40)38-28-20-18-27(19-21-28)33(34,35)36/h16-23,39H,2-15,24H2,1H3,(H,38,40). The van der Waals surface area contributed by atoms with Gasteiger partial charge in [0.2, 0.25) is 0 Å². The number of nitrogens with one attached hydrogen (secondary N) is 1. The lowest BCUT2D eigenvalue weighted by Crippen LogP contribution is -2.15. The molecule has 224 valence electrons. The number of hydrogen-bond donors (Lipinski definition) is 2. The minimum absolute atomic E-state index is 0.0656. The minimum Gasteiger partial charge on any atom is -0.506 e. The van der Waals surface area contributed by atoms with Crippen molar-refractivity contribution in [2.45, 2.75) is 103 Å². The SMILES string of the molecule is CCCCCCCCCCCCCCCCOc1ccc(C(O)=C(C#N)C(=O)Nc2ccc(C(F)(F)F)cc2)cc1. The van der Waals surface area contributed by atoms with Gasteiger partial charge in [-0.1, -0.05) is 90.4 Å². The molecule has 0 spiro atoms. The predicted molar refractivity (Wildman–Crippen MR) is 157 cm³/mol. The number of nitrogens with zero attached hydrogens (tertiary/aromatic N) is 1. The summed E-state index contributed by atoms with van der Waals surface area (Å²) >= 11 is 0. The summed E-state index contributed by atoms with van der Waals surface area (Å²) in [6.45, 7) is 2.83. The van der Waals surface area contributed by atoms with Crippen LogP contribution in [0.5, 0.6) is 5.75 Å². The van der Waals surface area contributed by atoms with Crippen LogP contribution in [0.25, 0.3) is 5.76 Å². The lowest BCUT2D eigenvalue weighted by molar-refractivity contribution is -0.137. The van der Waals surface area contributed by atoms with Crippen LogP contribution in [0.1, 0.15) is 108 Å². The molecule has 0 aliphatic heterocycles. The number of rotatable bonds is 19. The molecular weight excluding hydrogens is 529 g/mol. The van der Waals surface area contributed by atoms with Gasteiger partial charge in [-0.2, -0.15) is 18.4 Å². The molecule has 0 aliphatic rings. The van der Waals surface area contributed by atoms with Crippen molar-refractivity contribution in [3.05, 3.63) is 65.2 Å². The molecule has 0 bridgehead atoms. The van der Waals surface area contributed by atoms with Crippen molar-refractivity contribution in [3.8, 4) is 11.8 Å². The molecule has 8 heteroatoms. The summed E-state index contributed by atoms with van der Waals surface area (Å²) in [5, 5.41) is 22.2. The first kappa shape index (κ1) is 33.7. The van der Waals surface area contributed by atoms with Crippen molar-refractivity contribution in [2.75, 3.05) is 11.9 Å². The van der Waals surface area contributed by atoms with E-state index in [-0.39, 0.29) is 11.3 Å². The normalized spacial score (nSPS) is 12.0. The van der Waals surface area contributed by atoms with E-state index < -0.39 is 29.0 Å². The van der Waals surface area contributed by atoms with E-state index in [0.717, 1.165) is 37.1 Å². The Balaban J connectivity index is 1.67. The molecule has 1 amide bonds. The third-order valence-electron chi connectivity index (χ3n) is 6.94. The highest BCUT2D eigenvalue weighted by Crippen LogP contribution is 2.30. The van der Waals surface area contributed by atoms with E-state index in [9.17, 15) is 28.3 Å². The van der Waals surface area contributed by atoms with Crippen molar-refractivity contribution >= 4 is 17.4 Å². The maximum Gasteiger partial charge on any atom is 0.416 e. The summed E-state index contributed by atoms with van der Waals surface area (Å²) in [5.74, 6) is -0.845. The average Bonchev–Trinajstić information content (AvgIpc) is 2.95. The molecule has 0 heterocycles. The van der Waals surface area contributed by atoms with Gasteiger partial charge in [-0.05, 0) is 55.0 Å². The Hall–Kier alpha value is -3.47. The Morgan fingerprint density at radius 1 is 0.805 bits per heavy atom. The van der Waals surface area contributed by atoms with Crippen LogP contribution >= 0.6 is 0 Å². The van der Waals surface area contributed by atoms with Crippen LogP contribution in [-0.4, -0.2) is 17.6 Å². The molecule has 0 aliphatic carbocycles. The minimum atomic E-state index is -4.50. The highest BCUT2D eigenvalue weighted by atomic mass is 19.4. The van der Waals surface area contributed by atoms with Gasteiger partial charge in [0, 0.05) is 11.3 Å². The summed E-state index contributed by atoms with van der Waals surface area (Å²) in [4.78, 5) is 12.5. The molecule has 0 radical (unpaired) electrons. The predicted octanol–water partition coefficient (Wildman–Crippen LogP) is 10.00. The zero-order valence-corrected chi connectivity index (χ0v) is 24.1. The second kappa shape index (κ2) is 18.8. The van der Waals surface area contributed by atoms with E-state index in [4.69, 9.17) is 4.74 Å². The fraction of sp³-hybridized carbons (Fsp3) is 0.515. The summed E-state index contributed by atoms with van der Waals surface area (Å²) in [6, 6.07) is 11.8. The maximum atomic E-state index is 12.7. The fourth-order valence-electron chi connectivity index (χ4n) is 4.49. The molecule has 0 unspecified atom stereocenters. The molecule has 2 N–H and O–H groups in total. The zero-order valence-electron chi connectivity index (χ0n) is 24.1. The van der Waals surface area contributed by atoms with Crippen LogP contribution in [0.2, 0.25) is 0 Å². The first-order valence-corrected chi connectivity index (χ1v) is 14.8. The topological polar surface area (TPSA) is 82.3 Å².